The fraction of sp³-hybridized carbons (Fsp3) is 0.182. The molecule has 0 radical (unpaired) electrons. The van der Waals surface area contributed by atoms with Crippen molar-refractivity contribution < 1.29 is 9.53 Å². The molecule has 2 aromatic rings. The van der Waals surface area contributed by atoms with E-state index in [1.807, 2.05) is 0 Å². The van der Waals surface area contributed by atoms with E-state index in [9.17, 15) is 4.79 Å². The van der Waals surface area contributed by atoms with Crippen LogP contribution in [0.3, 0.4) is 0 Å². The highest BCUT2D eigenvalue weighted by atomic mass is 35.5. The number of nitrogens with two attached hydrogens (primary N) is 1. The zero-order chi connectivity index (χ0) is 13.6. The lowest BCUT2D eigenvalue weighted by Crippen LogP contribution is -2.19. The largest absolute Gasteiger partial charge is 0.422 e. The molecule has 2 heterocycles. The summed E-state index contributed by atoms with van der Waals surface area (Å²) in [5.74, 6) is 0.0974. The lowest BCUT2D eigenvalue weighted by atomic mass is 10.1. The Balaban J connectivity index is 1.96. The highest BCUT2D eigenvalue weighted by molar-refractivity contribution is 6.32. The van der Waals surface area contributed by atoms with Crippen molar-refractivity contribution in [3.8, 4) is 11.8 Å². The fourth-order valence-electron chi connectivity index (χ4n) is 1.83. The summed E-state index contributed by atoms with van der Waals surface area (Å²) in [5.41, 5.74) is 6.97. The Morgan fingerprint density at radius 1 is 1.53 bits per heavy atom. The van der Waals surface area contributed by atoms with Gasteiger partial charge < -0.3 is 15.8 Å². The van der Waals surface area contributed by atoms with Crippen LogP contribution in [0.4, 0.5) is 5.69 Å². The lowest BCUT2D eigenvalue weighted by Gasteiger charge is -2.07. The van der Waals surface area contributed by atoms with Gasteiger partial charge in [0.2, 0.25) is 5.91 Å². The molecular formula is C11H10ClN5O2. The number of nitrogens with one attached hydrogen (secondary N) is 1. The van der Waals surface area contributed by atoms with Gasteiger partial charge in [0, 0.05) is 24.4 Å². The van der Waals surface area contributed by atoms with Gasteiger partial charge in [-0.2, -0.15) is 4.98 Å². The Kier molecular flexibility index (Phi) is 2.65. The van der Waals surface area contributed by atoms with Gasteiger partial charge in [0.1, 0.15) is 12.4 Å². The number of hydrogen-bond acceptors (Lipinski definition) is 5. The highest BCUT2D eigenvalue weighted by Gasteiger charge is 2.28. The van der Waals surface area contributed by atoms with E-state index >= 15 is 0 Å². The van der Waals surface area contributed by atoms with E-state index in [1.165, 1.54) is 11.0 Å². The highest BCUT2D eigenvalue weighted by Crippen LogP contribution is 2.38. The maximum atomic E-state index is 11.5. The average molecular weight is 280 g/mol. The van der Waals surface area contributed by atoms with E-state index in [2.05, 4.69) is 15.4 Å². The van der Waals surface area contributed by atoms with Crippen molar-refractivity contribution in [2.75, 3.05) is 5.32 Å². The Hall–Kier alpha value is -2.12. The average Bonchev–Trinajstić information content (AvgIpc) is 2.87. The quantitative estimate of drug-likeness (QED) is 0.861. The molecule has 98 valence electrons. The van der Waals surface area contributed by atoms with Crippen molar-refractivity contribution >= 4 is 23.2 Å². The van der Waals surface area contributed by atoms with Crippen molar-refractivity contribution in [3.05, 3.63) is 29.0 Å². The van der Waals surface area contributed by atoms with Crippen molar-refractivity contribution in [3.63, 3.8) is 0 Å². The molecule has 8 heteroatoms. The van der Waals surface area contributed by atoms with Crippen molar-refractivity contribution in [1.29, 1.82) is 0 Å². The van der Waals surface area contributed by atoms with Crippen LogP contribution in [-0.2, 0) is 11.8 Å². The van der Waals surface area contributed by atoms with Gasteiger partial charge in [0.15, 0.2) is 5.75 Å². The van der Waals surface area contributed by atoms with Crippen molar-refractivity contribution in [2.24, 2.45) is 12.8 Å². The predicted octanol–water partition coefficient (Wildman–Crippen LogP) is 1.21. The van der Waals surface area contributed by atoms with E-state index in [1.54, 1.807) is 19.2 Å². The van der Waals surface area contributed by atoms with Gasteiger partial charge in [-0.1, -0.05) is 11.6 Å². The van der Waals surface area contributed by atoms with Crippen LogP contribution in [0, 0.1) is 0 Å². The second-order valence-electron chi connectivity index (χ2n) is 4.14. The summed E-state index contributed by atoms with van der Waals surface area (Å²) in [6.45, 7) is 0. The molecule has 1 atom stereocenters. The predicted molar refractivity (Wildman–Crippen MR) is 68.1 cm³/mol. The van der Waals surface area contributed by atoms with Crippen LogP contribution in [0.1, 0.15) is 11.6 Å². The van der Waals surface area contributed by atoms with Crippen LogP contribution in [0.15, 0.2) is 18.5 Å². The van der Waals surface area contributed by atoms with Crippen LogP contribution < -0.4 is 15.8 Å². The monoisotopic (exact) mass is 279 g/mol. The maximum absolute atomic E-state index is 11.5. The number of aromatic nitrogens is 3. The number of carbonyl (C=O) groups excluding carboxylic acids is 1. The first-order valence-electron chi connectivity index (χ1n) is 5.48. The zero-order valence-corrected chi connectivity index (χ0v) is 10.7. The Bertz CT molecular complexity index is 669. The molecule has 1 aromatic heterocycles. The van der Waals surface area contributed by atoms with Gasteiger partial charge >= 0.3 is 6.01 Å². The number of ether oxygens (including phenoxy) is 1. The molecule has 1 aliphatic rings. The van der Waals surface area contributed by atoms with E-state index in [0.29, 0.717) is 22.0 Å². The topological polar surface area (TPSA) is 95.1 Å². The number of benzene rings is 1. The van der Waals surface area contributed by atoms with E-state index in [4.69, 9.17) is 22.1 Å². The maximum Gasteiger partial charge on any atom is 0.341 e. The Morgan fingerprint density at radius 3 is 3.00 bits per heavy atom. The molecular weight excluding hydrogens is 270 g/mol. The molecule has 0 aliphatic carbocycles. The summed E-state index contributed by atoms with van der Waals surface area (Å²) >= 11 is 6.10. The number of rotatable bonds is 2. The second kappa shape index (κ2) is 4.22. The van der Waals surface area contributed by atoms with Gasteiger partial charge in [-0.3, -0.25) is 9.48 Å². The molecule has 1 amide bonds. The fourth-order valence-corrected chi connectivity index (χ4v) is 2.04. The Morgan fingerprint density at radius 2 is 2.32 bits per heavy atom. The van der Waals surface area contributed by atoms with Crippen molar-refractivity contribution in [2.45, 2.75) is 6.04 Å². The summed E-state index contributed by atoms with van der Waals surface area (Å²) in [5, 5.41) is 6.99. The molecule has 1 aliphatic heterocycles. The summed E-state index contributed by atoms with van der Waals surface area (Å²) in [4.78, 5) is 15.4. The van der Waals surface area contributed by atoms with E-state index < -0.39 is 6.04 Å². The number of anilines is 1. The summed E-state index contributed by atoms with van der Waals surface area (Å²) in [6, 6.07) is 2.70. The number of halogens is 1. The SMILES string of the molecule is Cn1cnc(Oc2cc3c(cc2Cl)C(N)C(=O)N3)n1. The van der Waals surface area contributed by atoms with Gasteiger partial charge in [0.05, 0.1) is 5.02 Å². The van der Waals surface area contributed by atoms with Gasteiger partial charge in [0.25, 0.3) is 0 Å². The number of aryl methyl sites for hydroxylation is 1. The number of nitrogens with zero attached hydrogens (tertiary/aromatic N) is 3. The summed E-state index contributed by atoms with van der Waals surface area (Å²) in [6.07, 6.45) is 1.51. The molecule has 3 N–H and O–H groups in total. The smallest absolute Gasteiger partial charge is 0.341 e. The zero-order valence-electron chi connectivity index (χ0n) is 9.92. The lowest BCUT2D eigenvalue weighted by molar-refractivity contribution is -0.116. The molecule has 0 spiro atoms. The van der Waals surface area contributed by atoms with Crippen molar-refractivity contribution in [1.82, 2.24) is 14.8 Å². The number of amides is 1. The van der Waals surface area contributed by atoms with Gasteiger partial charge in [-0.25, -0.2) is 0 Å². The number of fused-ring (bicyclic) bond motifs is 1. The third kappa shape index (κ3) is 2.02. The van der Waals surface area contributed by atoms with Gasteiger partial charge in [-0.15, -0.1) is 5.10 Å². The molecule has 1 aromatic carbocycles. The third-order valence-electron chi connectivity index (χ3n) is 2.76. The van der Waals surface area contributed by atoms with Crippen LogP contribution in [-0.4, -0.2) is 20.7 Å². The second-order valence-corrected chi connectivity index (χ2v) is 4.55. The minimum atomic E-state index is -0.700. The van der Waals surface area contributed by atoms with Gasteiger partial charge in [-0.05, 0) is 6.07 Å². The van der Waals surface area contributed by atoms with Crippen LogP contribution in [0.5, 0.6) is 11.8 Å². The van der Waals surface area contributed by atoms with E-state index in [-0.39, 0.29) is 11.9 Å². The molecule has 1 unspecified atom stereocenters. The van der Waals surface area contributed by atoms with Crippen LogP contribution >= 0.6 is 11.6 Å². The first-order valence-corrected chi connectivity index (χ1v) is 5.86. The summed E-state index contributed by atoms with van der Waals surface area (Å²) in [7, 11) is 1.73. The van der Waals surface area contributed by atoms with Crippen LogP contribution in [0.25, 0.3) is 0 Å². The first-order chi connectivity index (χ1) is 9.04. The molecule has 7 nitrogen and oxygen atoms in total. The third-order valence-corrected chi connectivity index (χ3v) is 3.05. The molecule has 0 bridgehead atoms. The summed E-state index contributed by atoms with van der Waals surface area (Å²) < 4.78 is 6.97. The first kappa shape index (κ1) is 11.9. The molecule has 0 fully saturated rings. The van der Waals surface area contributed by atoms with Crippen LogP contribution in [0.2, 0.25) is 5.02 Å². The minimum absolute atomic E-state index is 0.179. The molecule has 3 rings (SSSR count). The molecule has 19 heavy (non-hydrogen) atoms. The number of carbonyl (C=O) groups is 1. The normalized spacial score (nSPS) is 17.2. The Labute approximate surface area is 113 Å². The standard InChI is InChI=1S/C11H10ClN5O2/c1-17-4-14-11(16-17)19-8-3-7-5(2-6(8)12)9(13)10(18)15-7/h2-4,9H,13H2,1H3,(H,15,18). The molecule has 0 saturated carbocycles. The van der Waals surface area contributed by atoms with E-state index in [0.717, 1.165) is 0 Å². The number of hydrogen-bond donors (Lipinski definition) is 2. The minimum Gasteiger partial charge on any atom is -0.422 e. The molecule has 0 saturated heterocycles.